The number of anilines is 27. The van der Waals surface area contributed by atoms with Crippen molar-refractivity contribution < 1.29 is 4.79 Å². The summed E-state index contributed by atoms with van der Waals surface area (Å²) in [6.45, 7) is 0. The third-order valence-corrected chi connectivity index (χ3v) is 6.36. The molecule has 9 aromatic rings. The predicted octanol–water partition coefficient (Wildman–Crippen LogP) is -12.5. The van der Waals surface area contributed by atoms with Crippen LogP contribution < -0.4 is 154 Å². The second kappa shape index (κ2) is 32.6. The molecule has 55 heteroatoms. The lowest BCUT2D eigenvalue weighted by Crippen LogP contribution is -2.07. The Morgan fingerprint density at radius 1 is 0.157 bits per heavy atom. The van der Waals surface area contributed by atoms with Gasteiger partial charge in [0, 0.05) is 0 Å². The second-order valence-electron chi connectivity index (χ2n) is 12.9. The first kappa shape index (κ1) is 66.4. The van der Waals surface area contributed by atoms with Crippen molar-refractivity contribution in [2.45, 2.75) is 0 Å². The molecule has 0 aromatic carbocycles. The van der Waals surface area contributed by atoms with Crippen LogP contribution in [0.25, 0.3) is 0 Å². The normalized spacial score (nSPS) is 9.30. The highest BCUT2D eigenvalue weighted by Crippen LogP contribution is 2.04. The molecule has 1 amide bonds. The second-order valence-corrected chi connectivity index (χ2v) is 12.9. The van der Waals surface area contributed by atoms with Crippen molar-refractivity contribution in [1.82, 2.24) is 135 Å². The molecule has 9 aromatic heterocycles. The molecule has 442 valence electrons. The van der Waals surface area contributed by atoms with E-state index < -0.39 is 0 Å². The van der Waals surface area contributed by atoms with Gasteiger partial charge in [0.2, 0.25) is 167 Å². The number of nitrogens with one attached hydrogen (secondary N) is 1. The lowest BCUT2D eigenvalue weighted by Gasteiger charge is -1.97. The number of hydrogen-bond donors (Lipinski definition) is 27. The number of amides is 1. The minimum Gasteiger partial charge on any atom is -0.368 e. The Morgan fingerprint density at radius 3 is 0.301 bits per heavy atom. The van der Waals surface area contributed by atoms with Crippen molar-refractivity contribution in [3.05, 3.63) is 0 Å². The third kappa shape index (κ3) is 31.0. The number of rotatable bonds is 2. The molecule has 0 aliphatic rings. The molecule has 0 aliphatic heterocycles. The van der Waals surface area contributed by atoms with E-state index in [0.29, 0.717) is 6.41 Å². The molecule has 0 radical (unpaired) electrons. The van der Waals surface area contributed by atoms with Gasteiger partial charge in [-0.1, -0.05) is 0 Å². The fourth-order valence-corrected chi connectivity index (χ4v) is 3.94. The van der Waals surface area contributed by atoms with Crippen LogP contribution in [0.1, 0.15) is 0 Å². The highest BCUT2D eigenvalue weighted by atomic mass is 16.1. The standard InChI is InChI=1S/C4H6N6O.8C3H6N6/c5-2-8-3(6)10-4(9-2)7-1-11;8*4-1-7-2(5)9-3(6)8-1/h1H,(H5,5,6,7,8,9,10,11);8*(H6,4,5,6,7,8,9). The van der Waals surface area contributed by atoms with Crippen LogP contribution in [0.2, 0.25) is 0 Å². The molecular weight excluding hydrogens is 1110 g/mol. The predicted molar refractivity (Wildman–Crippen MR) is 303 cm³/mol. The van der Waals surface area contributed by atoms with Crippen molar-refractivity contribution in [2.75, 3.05) is 154 Å². The Kier molecular flexibility index (Phi) is 26.1. The van der Waals surface area contributed by atoms with Crippen LogP contribution in [-0.2, 0) is 4.79 Å². The Hall–Kier alpha value is -14.6. The zero-order valence-corrected chi connectivity index (χ0v) is 42.1. The smallest absolute Gasteiger partial charge is 0.235 e. The van der Waals surface area contributed by atoms with Gasteiger partial charge in [0.15, 0.2) is 0 Å². The minimum atomic E-state index is -0.0261. The van der Waals surface area contributed by atoms with Crippen LogP contribution in [0.5, 0.6) is 0 Å². The number of nitrogens with two attached hydrogens (primary N) is 26. The van der Waals surface area contributed by atoms with Crippen LogP contribution in [0.15, 0.2) is 0 Å². The van der Waals surface area contributed by atoms with Gasteiger partial charge < -0.3 is 149 Å². The fraction of sp³-hybridized carbons (Fsp3) is 0. The van der Waals surface area contributed by atoms with Crippen molar-refractivity contribution in [3.8, 4) is 0 Å². The monoisotopic (exact) mass is 1160 g/mol. The number of carbonyl (C=O) groups is 1. The molecular formula is C28H54N54O. The summed E-state index contributed by atoms with van der Waals surface area (Å²) in [6, 6.07) is 0. The lowest BCUT2D eigenvalue weighted by atomic mass is 10.8. The third-order valence-electron chi connectivity index (χ3n) is 6.36. The fourth-order valence-electron chi connectivity index (χ4n) is 3.94. The zero-order valence-electron chi connectivity index (χ0n) is 42.1. The van der Waals surface area contributed by atoms with Crippen LogP contribution in [0.4, 0.5) is 161 Å². The maximum absolute atomic E-state index is 9.90. The summed E-state index contributed by atoms with van der Waals surface area (Å²) in [5.74, 6) is 0.994. The molecule has 83 heavy (non-hydrogen) atoms. The van der Waals surface area contributed by atoms with Crippen molar-refractivity contribution >= 4 is 167 Å². The molecule has 0 spiro atoms. The van der Waals surface area contributed by atoms with Gasteiger partial charge in [-0.25, -0.2) is 0 Å². The molecule has 0 fully saturated rings. The molecule has 0 atom stereocenters. The highest BCUT2D eigenvalue weighted by molar-refractivity contribution is 5.67. The van der Waals surface area contributed by atoms with Gasteiger partial charge in [0.05, 0.1) is 0 Å². The maximum Gasteiger partial charge on any atom is 0.235 e. The first-order valence-corrected chi connectivity index (χ1v) is 20.4. The Labute approximate surface area is 460 Å². The summed E-state index contributed by atoms with van der Waals surface area (Å²) in [5, 5.41) is 2.19. The molecule has 0 saturated heterocycles. The van der Waals surface area contributed by atoms with Gasteiger partial charge in [0.25, 0.3) is 0 Å². The molecule has 0 saturated carbocycles. The molecule has 0 bridgehead atoms. The summed E-state index contributed by atoms with van der Waals surface area (Å²) in [6.07, 6.45) is 0.425. The van der Waals surface area contributed by atoms with Crippen molar-refractivity contribution in [1.29, 1.82) is 0 Å². The van der Waals surface area contributed by atoms with Crippen LogP contribution in [-0.4, -0.2) is 141 Å². The van der Waals surface area contributed by atoms with Gasteiger partial charge in [-0.05, 0) is 0 Å². The average molecular weight is 1160 g/mol. The van der Waals surface area contributed by atoms with E-state index in [0.717, 1.165) is 0 Å². The summed E-state index contributed by atoms with van der Waals surface area (Å²) < 4.78 is 0. The molecule has 9 rings (SSSR count). The lowest BCUT2D eigenvalue weighted by molar-refractivity contribution is -0.105. The van der Waals surface area contributed by atoms with Gasteiger partial charge in [-0.2, -0.15) is 135 Å². The van der Waals surface area contributed by atoms with E-state index >= 15 is 0 Å². The van der Waals surface area contributed by atoms with E-state index in [1.165, 1.54) is 0 Å². The number of hydrogen-bond acceptors (Lipinski definition) is 54. The van der Waals surface area contributed by atoms with E-state index in [4.69, 9.17) is 149 Å². The quantitative estimate of drug-likeness (QED) is 0.0715. The average Bonchev–Trinajstić information content (AvgIpc) is 3.27. The Bertz CT molecular complexity index is 2450. The van der Waals surface area contributed by atoms with E-state index in [-0.39, 0.29) is 161 Å². The van der Waals surface area contributed by atoms with E-state index in [1.807, 2.05) is 0 Å². The van der Waals surface area contributed by atoms with Gasteiger partial charge in [-0.15, -0.1) is 0 Å². The maximum atomic E-state index is 9.90. The first-order valence-electron chi connectivity index (χ1n) is 20.4. The topological polar surface area (TPSA) is 1050 Å². The number of nitrogens with zero attached hydrogens (tertiary/aromatic N) is 27. The number of carbonyl (C=O) groups excluding carboxylic acids is 1. The molecule has 55 nitrogen and oxygen atoms in total. The van der Waals surface area contributed by atoms with Gasteiger partial charge in [-0.3, -0.25) is 10.1 Å². The van der Waals surface area contributed by atoms with E-state index in [2.05, 4.69) is 140 Å². The van der Waals surface area contributed by atoms with E-state index in [9.17, 15) is 4.79 Å². The number of nitrogen functional groups attached to an aromatic ring is 26. The first-order chi connectivity index (χ1) is 38.7. The van der Waals surface area contributed by atoms with Crippen LogP contribution >= 0.6 is 0 Å². The molecule has 0 aliphatic carbocycles. The number of aromatic nitrogens is 27. The van der Waals surface area contributed by atoms with Gasteiger partial charge >= 0.3 is 0 Å². The summed E-state index contributed by atoms with van der Waals surface area (Å²) in [4.78, 5) is 104. The van der Waals surface area contributed by atoms with Crippen LogP contribution in [0, 0.1) is 0 Å². The Morgan fingerprint density at radius 2 is 0.229 bits per heavy atom. The summed E-state index contributed by atoms with van der Waals surface area (Å²) in [5.41, 5.74) is 134. The largest absolute Gasteiger partial charge is 0.368 e. The van der Waals surface area contributed by atoms with Crippen molar-refractivity contribution in [3.63, 3.8) is 0 Å². The molecule has 9 heterocycles. The molecule has 0 unspecified atom stereocenters. The highest BCUT2D eigenvalue weighted by Gasteiger charge is 2.01. The SMILES string of the molecule is Nc1nc(N)nc(N)n1.Nc1nc(N)nc(N)n1.Nc1nc(N)nc(N)n1.Nc1nc(N)nc(N)n1.Nc1nc(N)nc(N)n1.Nc1nc(N)nc(N)n1.Nc1nc(N)nc(N)n1.Nc1nc(N)nc(N)n1.Nc1nc(N)nc(NC=O)n1. The molecule has 53 N–H and O–H groups in total. The van der Waals surface area contributed by atoms with Gasteiger partial charge in [0.1, 0.15) is 0 Å². The van der Waals surface area contributed by atoms with Crippen molar-refractivity contribution in [2.24, 2.45) is 0 Å². The zero-order chi connectivity index (χ0) is 63.1. The van der Waals surface area contributed by atoms with Crippen LogP contribution in [0.3, 0.4) is 0 Å². The Balaban J connectivity index is 0.000000467. The summed E-state index contributed by atoms with van der Waals surface area (Å²) in [7, 11) is 0. The minimum absolute atomic E-state index is 0.0261. The summed E-state index contributed by atoms with van der Waals surface area (Å²) >= 11 is 0. The van der Waals surface area contributed by atoms with E-state index in [1.54, 1.807) is 0 Å².